The molecule has 0 aromatic rings. The van der Waals surface area contributed by atoms with Crippen LogP contribution in [0.25, 0.3) is 0 Å². The van der Waals surface area contributed by atoms with E-state index in [1.54, 1.807) is 0 Å². The molecule has 4 heteroatoms. The van der Waals surface area contributed by atoms with Gasteiger partial charge in [0.15, 0.2) is 0 Å². The van der Waals surface area contributed by atoms with Crippen molar-refractivity contribution in [3.63, 3.8) is 0 Å². The van der Waals surface area contributed by atoms with Crippen molar-refractivity contribution in [3.05, 3.63) is 0 Å². The molecule has 74 valence electrons. The Hall–Kier alpha value is -1.06. The summed E-state index contributed by atoms with van der Waals surface area (Å²) in [5.74, 6) is -0.798. The number of carbonyl (C=O) groups is 2. The van der Waals surface area contributed by atoms with Gasteiger partial charge in [-0.05, 0) is 6.42 Å². The number of carbonyl (C=O) groups excluding carboxylic acids is 2. The first-order chi connectivity index (χ1) is 5.97. The van der Waals surface area contributed by atoms with Crippen LogP contribution in [0.15, 0.2) is 0 Å². The molecule has 1 heterocycles. The Balaban J connectivity index is 2.77. The highest BCUT2D eigenvalue weighted by molar-refractivity contribution is 5.81. The van der Waals surface area contributed by atoms with Gasteiger partial charge in [-0.25, -0.2) is 4.79 Å². The Labute approximate surface area is 77.2 Å². The van der Waals surface area contributed by atoms with Gasteiger partial charge in [-0.2, -0.15) is 0 Å². The quantitative estimate of drug-likeness (QED) is 0.571. The molecule has 1 fully saturated rings. The van der Waals surface area contributed by atoms with E-state index in [1.807, 2.05) is 13.8 Å². The average molecular weight is 186 g/mol. The van der Waals surface area contributed by atoms with Gasteiger partial charge < -0.3 is 9.47 Å². The van der Waals surface area contributed by atoms with Crippen molar-refractivity contribution in [1.82, 2.24) is 0 Å². The van der Waals surface area contributed by atoms with Crippen LogP contribution in [-0.4, -0.2) is 25.2 Å². The van der Waals surface area contributed by atoms with E-state index in [0.29, 0.717) is 12.8 Å². The summed E-state index contributed by atoms with van der Waals surface area (Å²) in [5, 5.41) is 0. The van der Waals surface area contributed by atoms with Crippen LogP contribution < -0.4 is 0 Å². The van der Waals surface area contributed by atoms with Gasteiger partial charge in [0.05, 0.1) is 7.11 Å². The zero-order chi connectivity index (χ0) is 10.1. The lowest BCUT2D eigenvalue weighted by atomic mass is 9.80. The lowest BCUT2D eigenvalue weighted by Gasteiger charge is -2.35. The molecule has 1 unspecified atom stereocenters. The number of methoxy groups -OCH3 is 1. The summed E-state index contributed by atoms with van der Waals surface area (Å²) < 4.78 is 9.50. The van der Waals surface area contributed by atoms with Gasteiger partial charge in [0, 0.05) is 11.8 Å². The van der Waals surface area contributed by atoms with Crippen LogP contribution in [0.5, 0.6) is 0 Å². The van der Waals surface area contributed by atoms with Crippen molar-refractivity contribution in [3.8, 4) is 0 Å². The largest absolute Gasteiger partial charge is 0.466 e. The van der Waals surface area contributed by atoms with Crippen LogP contribution in [0, 0.1) is 5.41 Å². The van der Waals surface area contributed by atoms with Gasteiger partial charge in [0.1, 0.15) is 0 Å². The number of hydrogen-bond donors (Lipinski definition) is 0. The summed E-state index contributed by atoms with van der Waals surface area (Å²) in [6, 6.07) is 0. The van der Waals surface area contributed by atoms with E-state index in [2.05, 4.69) is 4.74 Å². The predicted octanol–water partition coefficient (Wildman–Crippen LogP) is 0.891. The second-order valence-corrected chi connectivity index (χ2v) is 3.88. The molecule has 0 radical (unpaired) electrons. The minimum atomic E-state index is -0.751. The Morgan fingerprint density at radius 3 is 2.77 bits per heavy atom. The van der Waals surface area contributed by atoms with Crippen LogP contribution in [0.2, 0.25) is 0 Å². The molecule has 0 bridgehead atoms. The van der Waals surface area contributed by atoms with Crippen LogP contribution in [-0.2, 0) is 19.1 Å². The van der Waals surface area contributed by atoms with E-state index in [1.165, 1.54) is 7.11 Å². The number of rotatable bonds is 1. The highest BCUT2D eigenvalue weighted by Gasteiger charge is 2.42. The van der Waals surface area contributed by atoms with Crippen molar-refractivity contribution in [2.75, 3.05) is 7.11 Å². The molecule has 1 atom stereocenters. The number of cyclic esters (lactones) is 1. The standard InChI is InChI=1S/C9H14O4/c1-9(2)5-4-6(10)13-7(9)8(11)12-3/h7H,4-5H2,1-3H3. The van der Waals surface area contributed by atoms with Gasteiger partial charge in [0.2, 0.25) is 6.10 Å². The third-order valence-electron chi connectivity index (χ3n) is 2.35. The summed E-state index contributed by atoms with van der Waals surface area (Å²) in [6.45, 7) is 3.78. The normalized spacial score (nSPS) is 26.4. The van der Waals surface area contributed by atoms with Gasteiger partial charge in [-0.3, -0.25) is 4.79 Å². The van der Waals surface area contributed by atoms with Crippen LogP contribution in [0.1, 0.15) is 26.7 Å². The number of hydrogen-bond acceptors (Lipinski definition) is 4. The summed E-state index contributed by atoms with van der Waals surface area (Å²) in [6.07, 6.45) is 0.283. The van der Waals surface area contributed by atoms with Gasteiger partial charge in [-0.15, -0.1) is 0 Å². The van der Waals surface area contributed by atoms with Gasteiger partial charge in [0.25, 0.3) is 0 Å². The molecular weight excluding hydrogens is 172 g/mol. The third kappa shape index (κ3) is 1.99. The van der Waals surface area contributed by atoms with Crippen LogP contribution in [0.3, 0.4) is 0 Å². The Kier molecular flexibility index (Phi) is 2.59. The van der Waals surface area contributed by atoms with E-state index in [4.69, 9.17) is 4.74 Å². The van der Waals surface area contributed by atoms with Crippen molar-refractivity contribution in [2.24, 2.45) is 5.41 Å². The lowest BCUT2D eigenvalue weighted by molar-refractivity contribution is -0.181. The molecular formula is C9H14O4. The molecule has 0 aromatic carbocycles. The van der Waals surface area contributed by atoms with Crippen molar-refractivity contribution >= 4 is 11.9 Å². The molecule has 0 amide bonds. The fourth-order valence-corrected chi connectivity index (χ4v) is 1.38. The number of ether oxygens (including phenoxy) is 2. The lowest BCUT2D eigenvalue weighted by Crippen LogP contribution is -2.44. The molecule has 0 aliphatic carbocycles. The smallest absolute Gasteiger partial charge is 0.347 e. The Morgan fingerprint density at radius 1 is 1.62 bits per heavy atom. The first kappa shape index (κ1) is 10.0. The molecule has 0 aromatic heterocycles. The molecule has 0 saturated carbocycles. The van der Waals surface area contributed by atoms with E-state index in [9.17, 15) is 9.59 Å². The molecule has 1 aliphatic heterocycles. The first-order valence-corrected chi connectivity index (χ1v) is 4.24. The Morgan fingerprint density at radius 2 is 2.23 bits per heavy atom. The fourth-order valence-electron chi connectivity index (χ4n) is 1.38. The second kappa shape index (κ2) is 3.36. The molecule has 4 nitrogen and oxygen atoms in total. The molecule has 1 saturated heterocycles. The van der Waals surface area contributed by atoms with Crippen LogP contribution in [0.4, 0.5) is 0 Å². The first-order valence-electron chi connectivity index (χ1n) is 4.24. The third-order valence-corrected chi connectivity index (χ3v) is 2.35. The summed E-state index contributed by atoms with van der Waals surface area (Å²) >= 11 is 0. The maximum Gasteiger partial charge on any atom is 0.347 e. The van der Waals surface area contributed by atoms with Gasteiger partial charge in [-0.1, -0.05) is 13.8 Å². The summed E-state index contributed by atoms with van der Waals surface area (Å²) in [4.78, 5) is 22.2. The van der Waals surface area contributed by atoms with E-state index in [0.717, 1.165) is 0 Å². The highest BCUT2D eigenvalue weighted by Crippen LogP contribution is 2.34. The number of esters is 2. The van der Waals surface area contributed by atoms with Crippen molar-refractivity contribution in [2.45, 2.75) is 32.8 Å². The average Bonchev–Trinajstić information content (AvgIpc) is 2.08. The van der Waals surface area contributed by atoms with Crippen molar-refractivity contribution < 1.29 is 19.1 Å². The predicted molar refractivity (Wildman–Crippen MR) is 44.9 cm³/mol. The maximum absolute atomic E-state index is 11.2. The zero-order valence-corrected chi connectivity index (χ0v) is 8.12. The van der Waals surface area contributed by atoms with E-state index >= 15 is 0 Å². The molecule has 1 rings (SSSR count). The van der Waals surface area contributed by atoms with Gasteiger partial charge >= 0.3 is 11.9 Å². The SMILES string of the molecule is COC(=O)C1OC(=O)CCC1(C)C. The molecule has 0 N–H and O–H groups in total. The summed E-state index contributed by atoms with van der Waals surface area (Å²) in [7, 11) is 1.29. The molecule has 1 aliphatic rings. The molecule has 0 spiro atoms. The monoisotopic (exact) mass is 186 g/mol. The fraction of sp³-hybridized carbons (Fsp3) is 0.778. The molecule has 13 heavy (non-hydrogen) atoms. The topological polar surface area (TPSA) is 52.6 Å². The zero-order valence-electron chi connectivity index (χ0n) is 8.12. The van der Waals surface area contributed by atoms with Crippen molar-refractivity contribution in [1.29, 1.82) is 0 Å². The summed E-state index contributed by atoms with van der Waals surface area (Å²) in [5.41, 5.74) is -0.318. The van der Waals surface area contributed by atoms with E-state index in [-0.39, 0.29) is 11.4 Å². The van der Waals surface area contributed by atoms with E-state index < -0.39 is 12.1 Å². The van der Waals surface area contributed by atoms with Crippen LogP contribution >= 0.6 is 0 Å². The Bertz CT molecular complexity index is 232. The highest BCUT2D eigenvalue weighted by atomic mass is 16.6. The minimum Gasteiger partial charge on any atom is -0.466 e. The minimum absolute atomic E-state index is 0.318. The maximum atomic E-state index is 11.2. The second-order valence-electron chi connectivity index (χ2n) is 3.88.